The summed E-state index contributed by atoms with van der Waals surface area (Å²) in [7, 11) is -0.709. The number of methoxy groups -OCH3 is 1. The van der Waals surface area contributed by atoms with E-state index < -0.39 is 9.28 Å². The SMILES string of the molecule is COC(C)O[SiH](O)c1ccccc1. The molecular formula is C9H14O3Si. The smallest absolute Gasteiger partial charge is 0.355 e. The van der Waals surface area contributed by atoms with Crippen LogP contribution in [0.3, 0.4) is 0 Å². The fraction of sp³-hybridized carbons (Fsp3) is 0.333. The largest absolute Gasteiger partial charge is 0.410 e. The van der Waals surface area contributed by atoms with Crippen LogP contribution < -0.4 is 5.19 Å². The molecule has 0 aromatic heterocycles. The molecule has 1 aromatic rings. The molecule has 0 bridgehead atoms. The van der Waals surface area contributed by atoms with Crippen LogP contribution in [0, 0.1) is 0 Å². The van der Waals surface area contributed by atoms with Crippen molar-refractivity contribution >= 4 is 14.5 Å². The van der Waals surface area contributed by atoms with Gasteiger partial charge in [0.1, 0.15) is 6.29 Å². The molecule has 0 aliphatic rings. The van der Waals surface area contributed by atoms with Crippen molar-refractivity contribution in [3.8, 4) is 0 Å². The van der Waals surface area contributed by atoms with Crippen molar-refractivity contribution in [3.63, 3.8) is 0 Å². The molecule has 0 heterocycles. The summed E-state index contributed by atoms with van der Waals surface area (Å²) in [6.07, 6.45) is -0.345. The van der Waals surface area contributed by atoms with Gasteiger partial charge in [-0.25, -0.2) is 0 Å². The van der Waals surface area contributed by atoms with Crippen LogP contribution in [0.1, 0.15) is 6.92 Å². The number of hydrogen-bond donors (Lipinski definition) is 1. The van der Waals surface area contributed by atoms with E-state index in [1.807, 2.05) is 30.3 Å². The first-order valence-electron chi connectivity index (χ1n) is 4.15. The lowest BCUT2D eigenvalue weighted by Crippen LogP contribution is -2.36. The molecule has 2 unspecified atom stereocenters. The van der Waals surface area contributed by atoms with Crippen LogP contribution in [0.5, 0.6) is 0 Å². The topological polar surface area (TPSA) is 38.7 Å². The van der Waals surface area contributed by atoms with Crippen molar-refractivity contribution < 1.29 is 14.0 Å². The van der Waals surface area contributed by atoms with Gasteiger partial charge in [-0.1, -0.05) is 30.3 Å². The first-order chi connectivity index (χ1) is 6.24. The summed E-state index contributed by atoms with van der Waals surface area (Å²) in [4.78, 5) is 9.66. The third kappa shape index (κ3) is 3.28. The summed E-state index contributed by atoms with van der Waals surface area (Å²) in [5.41, 5.74) is 0. The van der Waals surface area contributed by atoms with Crippen LogP contribution in [0.15, 0.2) is 30.3 Å². The molecule has 3 nitrogen and oxygen atoms in total. The number of benzene rings is 1. The first-order valence-corrected chi connectivity index (χ1v) is 5.72. The van der Waals surface area contributed by atoms with E-state index in [2.05, 4.69) is 0 Å². The summed E-state index contributed by atoms with van der Waals surface area (Å²) >= 11 is 0. The molecule has 13 heavy (non-hydrogen) atoms. The second-order valence-electron chi connectivity index (χ2n) is 2.70. The van der Waals surface area contributed by atoms with Gasteiger partial charge in [0.2, 0.25) is 0 Å². The highest BCUT2D eigenvalue weighted by Crippen LogP contribution is 1.94. The van der Waals surface area contributed by atoms with E-state index >= 15 is 0 Å². The lowest BCUT2D eigenvalue weighted by atomic mass is 10.4. The normalized spacial score (nSPS) is 15.3. The number of ether oxygens (including phenoxy) is 1. The van der Waals surface area contributed by atoms with E-state index in [1.54, 1.807) is 14.0 Å². The molecule has 0 amide bonds. The molecule has 72 valence electrons. The molecular weight excluding hydrogens is 184 g/mol. The minimum Gasteiger partial charge on any atom is -0.410 e. The van der Waals surface area contributed by atoms with Crippen molar-refractivity contribution in [1.82, 2.24) is 0 Å². The van der Waals surface area contributed by atoms with Gasteiger partial charge in [0.05, 0.1) is 0 Å². The van der Waals surface area contributed by atoms with Crippen LogP contribution in [0.4, 0.5) is 0 Å². The van der Waals surface area contributed by atoms with Crippen molar-refractivity contribution in [2.75, 3.05) is 7.11 Å². The molecule has 0 aliphatic carbocycles. The molecule has 0 fully saturated rings. The Kier molecular flexibility index (Phi) is 4.11. The average Bonchev–Trinajstić information content (AvgIpc) is 2.19. The Balaban J connectivity index is 2.53. The molecule has 0 aliphatic heterocycles. The van der Waals surface area contributed by atoms with Gasteiger partial charge < -0.3 is 14.0 Å². The van der Waals surface area contributed by atoms with Gasteiger partial charge >= 0.3 is 9.28 Å². The van der Waals surface area contributed by atoms with Crippen molar-refractivity contribution in [2.24, 2.45) is 0 Å². The van der Waals surface area contributed by atoms with Gasteiger partial charge in [0.15, 0.2) is 0 Å². The molecule has 0 spiro atoms. The van der Waals surface area contributed by atoms with Crippen LogP contribution >= 0.6 is 0 Å². The maximum atomic E-state index is 9.66. The van der Waals surface area contributed by atoms with E-state index in [1.165, 1.54) is 0 Å². The van der Waals surface area contributed by atoms with E-state index in [9.17, 15) is 4.80 Å². The van der Waals surface area contributed by atoms with E-state index in [4.69, 9.17) is 9.16 Å². The predicted octanol–water partition coefficient (Wildman–Crippen LogP) is 0.115. The summed E-state index contributed by atoms with van der Waals surface area (Å²) in [6.45, 7) is 1.76. The molecule has 1 aromatic carbocycles. The molecule has 4 heteroatoms. The molecule has 0 saturated carbocycles. The number of hydrogen-bond acceptors (Lipinski definition) is 3. The van der Waals surface area contributed by atoms with Crippen LogP contribution in [0.2, 0.25) is 0 Å². The highest BCUT2D eigenvalue weighted by atomic mass is 28.3. The van der Waals surface area contributed by atoms with E-state index in [0.717, 1.165) is 5.19 Å². The molecule has 0 radical (unpaired) electrons. The first kappa shape index (κ1) is 10.4. The lowest BCUT2D eigenvalue weighted by molar-refractivity contribution is -0.0484. The minimum absolute atomic E-state index is 0.345. The maximum Gasteiger partial charge on any atom is 0.355 e. The van der Waals surface area contributed by atoms with Gasteiger partial charge in [-0.2, -0.15) is 0 Å². The molecule has 0 saturated heterocycles. The van der Waals surface area contributed by atoms with Crippen molar-refractivity contribution in [1.29, 1.82) is 0 Å². The third-order valence-corrected chi connectivity index (χ3v) is 3.33. The van der Waals surface area contributed by atoms with Crippen LogP contribution in [-0.4, -0.2) is 27.5 Å². The second kappa shape index (κ2) is 5.13. The molecule has 1 N–H and O–H groups in total. The van der Waals surface area contributed by atoms with Crippen LogP contribution in [-0.2, 0) is 9.16 Å². The predicted molar refractivity (Wildman–Crippen MR) is 53.0 cm³/mol. The Morgan fingerprint density at radius 1 is 1.31 bits per heavy atom. The summed E-state index contributed by atoms with van der Waals surface area (Å²) in [5.74, 6) is 0. The average molecular weight is 198 g/mol. The zero-order valence-corrected chi connectivity index (χ0v) is 8.96. The Labute approximate surface area is 79.8 Å². The molecule has 2 atom stereocenters. The highest BCUT2D eigenvalue weighted by molar-refractivity contribution is 6.59. The Morgan fingerprint density at radius 3 is 2.46 bits per heavy atom. The van der Waals surface area contributed by atoms with E-state index in [-0.39, 0.29) is 6.29 Å². The van der Waals surface area contributed by atoms with Gasteiger partial charge in [-0.15, -0.1) is 0 Å². The van der Waals surface area contributed by atoms with Crippen molar-refractivity contribution in [2.45, 2.75) is 13.2 Å². The van der Waals surface area contributed by atoms with Crippen molar-refractivity contribution in [3.05, 3.63) is 30.3 Å². The lowest BCUT2D eigenvalue weighted by Gasteiger charge is -2.15. The Morgan fingerprint density at radius 2 is 1.92 bits per heavy atom. The fourth-order valence-corrected chi connectivity index (χ4v) is 2.12. The van der Waals surface area contributed by atoms with Gasteiger partial charge in [-0.3, -0.25) is 0 Å². The third-order valence-electron chi connectivity index (χ3n) is 1.74. The monoisotopic (exact) mass is 198 g/mol. The summed E-state index contributed by atoms with van der Waals surface area (Å²) < 4.78 is 10.2. The van der Waals surface area contributed by atoms with Gasteiger partial charge in [-0.05, 0) is 12.1 Å². The standard InChI is InChI=1S/C9H14O3Si/c1-8(11-2)12-13(10)9-6-4-3-5-7-9/h3-8,10,13H,1-2H3. The quantitative estimate of drug-likeness (QED) is 0.551. The van der Waals surface area contributed by atoms with Crippen LogP contribution in [0.25, 0.3) is 0 Å². The van der Waals surface area contributed by atoms with Gasteiger partial charge in [0.25, 0.3) is 0 Å². The Hall–Kier alpha value is -0.683. The minimum atomic E-state index is -2.26. The maximum absolute atomic E-state index is 9.66. The van der Waals surface area contributed by atoms with E-state index in [0.29, 0.717) is 0 Å². The zero-order chi connectivity index (χ0) is 9.68. The summed E-state index contributed by atoms with van der Waals surface area (Å²) in [6, 6.07) is 9.39. The number of rotatable bonds is 4. The zero-order valence-electron chi connectivity index (χ0n) is 7.81. The Bertz CT molecular complexity index is 240. The second-order valence-corrected chi connectivity index (χ2v) is 4.35. The molecule has 1 rings (SSSR count). The van der Waals surface area contributed by atoms with Gasteiger partial charge in [0, 0.05) is 7.11 Å². The fourth-order valence-electron chi connectivity index (χ4n) is 0.933. The highest BCUT2D eigenvalue weighted by Gasteiger charge is 2.14. The summed E-state index contributed by atoms with van der Waals surface area (Å²) in [5, 5.41) is 0.867.